The molecule has 3 aromatic rings. The molecule has 0 bridgehead atoms. The number of rotatable bonds is 8. The second kappa shape index (κ2) is 9.82. The van der Waals surface area contributed by atoms with Crippen molar-refractivity contribution in [3.63, 3.8) is 0 Å². The molecule has 190 valence electrons. The molecule has 2 N–H and O–H groups in total. The van der Waals surface area contributed by atoms with Gasteiger partial charge >= 0.3 is 0 Å². The summed E-state index contributed by atoms with van der Waals surface area (Å²) < 4.78 is 66.1. The van der Waals surface area contributed by atoms with Crippen molar-refractivity contribution >= 4 is 10.9 Å². The molecule has 0 radical (unpaired) electrons. The van der Waals surface area contributed by atoms with Crippen LogP contribution in [0.4, 0.5) is 17.6 Å². The SMILES string of the molecule is CCC(CC)Oc1cc(F)c([C@H]2c3[nH]c4ccc(F)cc4c3C[C@H](C)N2C[C@](C)(F)CO)c(F)c1. The number of nitrogens with zero attached hydrogens (tertiary/aromatic N) is 1. The van der Waals surface area contributed by atoms with Crippen molar-refractivity contribution in [2.75, 3.05) is 13.2 Å². The monoisotopic (exact) mass is 492 g/mol. The molecule has 4 rings (SSSR count). The van der Waals surface area contributed by atoms with E-state index >= 15 is 13.2 Å². The Morgan fingerprint density at radius 3 is 2.40 bits per heavy atom. The molecule has 0 unspecified atom stereocenters. The quantitative estimate of drug-likeness (QED) is 0.368. The topological polar surface area (TPSA) is 48.5 Å². The number of aliphatic hydroxyl groups is 1. The number of hydrogen-bond acceptors (Lipinski definition) is 3. The first-order chi connectivity index (χ1) is 16.6. The summed E-state index contributed by atoms with van der Waals surface area (Å²) in [7, 11) is 0. The number of nitrogens with one attached hydrogen (secondary N) is 1. The molecule has 0 aliphatic carbocycles. The van der Waals surface area contributed by atoms with Crippen LogP contribution in [0.5, 0.6) is 5.75 Å². The van der Waals surface area contributed by atoms with Gasteiger partial charge in [-0.25, -0.2) is 17.6 Å². The number of fused-ring (bicyclic) bond motifs is 3. The summed E-state index contributed by atoms with van der Waals surface area (Å²) in [5, 5.41) is 10.2. The van der Waals surface area contributed by atoms with Gasteiger partial charge in [0.25, 0.3) is 0 Å². The zero-order chi connectivity index (χ0) is 25.5. The van der Waals surface area contributed by atoms with Crippen LogP contribution >= 0.6 is 0 Å². The summed E-state index contributed by atoms with van der Waals surface area (Å²) in [5.74, 6) is -1.94. The zero-order valence-electron chi connectivity index (χ0n) is 20.5. The normalized spacial score (nSPS) is 20.3. The van der Waals surface area contributed by atoms with Crippen LogP contribution in [0.2, 0.25) is 0 Å². The molecule has 0 fully saturated rings. The van der Waals surface area contributed by atoms with Crippen LogP contribution in [-0.2, 0) is 6.42 Å². The van der Waals surface area contributed by atoms with Gasteiger partial charge < -0.3 is 14.8 Å². The van der Waals surface area contributed by atoms with Crippen LogP contribution in [0, 0.1) is 17.5 Å². The first-order valence-electron chi connectivity index (χ1n) is 12.1. The van der Waals surface area contributed by atoms with Crippen molar-refractivity contribution in [3.05, 3.63) is 64.6 Å². The summed E-state index contributed by atoms with van der Waals surface area (Å²) in [6.07, 6.45) is 1.65. The third-order valence-corrected chi connectivity index (χ3v) is 6.95. The van der Waals surface area contributed by atoms with Crippen molar-refractivity contribution in [2.24, 2.45) is 0 Å². The minimum Gasteiger partial charge on any atom is -0.490 e. The van der Waals surface area contributed by atoms with E-state index in [0.717, 1.165) is 17.7 Å². The predicted molar refractivity (Wildman–Crippen MR) is 128 cm³/mol. The fourth-order valence-electron chi connectivity index (χ4n) is 5.05. The Hall–Kier alpha value is -2.58. The van der Waals surface area contributed by atoms with Crippen LogP contribution in [0.1, 0.15) is 63.4 Å². The number of aromatic nitrogens is 1. The lowest BCUT2D eigenvalue weighted by atomic mass is 9.87. The summed E-state index contributed by atoms with van der Waals surface area (Å²) in [6, 6.07) is 5.28. The molecule has 2 heterocycles. The van der Waals surface area contributed by atoms with Crippen molar-refractivity contribution in [2.45, 2.75) is 70.8 Å². The van der Waals surface area contributed by atoms with Gasteiger partial charge in [-0.15, -0.1) is 0 Å². The van der Waals surface area contributed by atoms with Crippen LogP contribution in [0.15, 0.2) is 30.3 Å². The third kappa shape index (κ3) is 4.91. The second-order valence-electron chi connectivity index (χ2n) is 9.76. The molecule has 0 amide bonds. The lowest BCUT2D eigenvalue weighted by molar-refractivity contribution is 0.0162. The first kappa shape index (κ1) is 25.5. The molecular weight excluding hydrogens is 460 g/mol. The van der Waals surface area contributed by atoms with Crippen molar-refractivity contribution in [3.8, 4) is 5.75 Å². The summed E-state index contributed by atoms with van der Waals surface area (Å²) in [6.45, 7) is 5.98. The van der Waals surface area contributed by atoms with Gasteiger partial charge in [0.1, 0.15) is 28.9 Å². The molecule has 8 heteroatoms. The molecule has 2 aromatic carbocycles. The summed E-state index contributed by atoms with van der Waals surface area (Å²) in [4.78, 5) is 4.87. The largest absolute Gasteiger partial charge is 0.490 e. The van der Waals surface area contributed by atoms with Gasteiger partial charge in [-0.05, 0) is 56.9 Å². The number of aromatic amines is 1. The second-order valence-corrected chi connectivity index (χ2v) is 9.76. The molecule has 1 aliphatic heterocycles. The number of hydrogen-bond donors (Lipinski definition) is 2. The van der Waals surface area contributed by atoms with Crippen molar-refractivity contribution < 1.29 is 27.4 Å². The van der Waals surface area contributed by atoms with E-state index in [1.54, 1.807) is 11.0 Å². The van der Waals surface area contributed by atoms with Gasteiger partial charge in [0.2, 0.25) is 0 Å². The van der Waals surface area contributed by atoms with Gasteiger partial charge in [0.05, 0.1) is 18.8 Å². The van der Waals surface area contributed by atoms with Crippen LogP contribution < -0.4 is 4.74 Å². The van der Waals surface area contributed by atoms with Crippen LogP contribution in [-0.4, -0.2) is 46.0 Å². The highest BCUT2D eigenvalue weighted by atomic mass is 19.1. The maximum absolute atomic E-state index is 15.6. The third-order valence-electron chi connectivity index (χ3n) is 6.95. The van der Waals surface area contributed by atoms with Crippen LogP contribution in [0.25, 0.3) is 10.9 Å². The molecular formula is C27H32F4N2O2. The van der Waals surface area contributed by atoms with E-state index in [2.05, 4.69) is 4.98 Å². The standard InChI is InChI=1S/C27H32F4N2O2/c1-5-17(6-2)35-18-11-21(29)24(22(30)12-18)26-25-20(19-10-16(28)7-8-23(19)32-25)9-15(3)33(26)13-27(4,31)14-34/h7-8,10-12,15,17,26,32,34H,5-6,9,13-14H2,1-4H3/t15-,26-,27-/m0/s1. The van der Waals surface area contributed by atoms with E-state index in [-0.39, 0.29) is 30.0 Å². The van der Waals surface area contributed by atoms with Gasteiger partial charge in [0, 0.05) is 46.9 Å². The van der Waals surface area contributed by atoms with Gasteiger partial charge in [-0.2, -0.15) is 0 Å². The Morgan fingerprint density at radius 1 is 1.14 bits per heavy atom. The average molecular weight is 493 g/mol. The molecule has 0 saturated heterocycles. The number of ether oxygens (including phenoxy) is 1. The maximum Gasteiger partial charge on any atom is 0.143 e. The van der Waals surface area contributed by atoms with Crippen LogP contribution in [0.3, 0.4) is 0 Å². The minimum absolute atomic E-state index is 0.0949. The Balaban J connectivity index is 1.88. The molecule has 1 aliphatic rings. The highest BCUT2D eigenvalue weighted by molar-refractivity contribution is 5.85. The molecule has 1 aromatic heterocycles. The van der Waals surface area contributed by atoms with E-state index < -0.39 is 35.8 Å². The number of benzene rings is 2. The fourth-order valence-corrected chi connectivity index (χ4v) is 5.05. The smallest absolute Gasteiger partial charge is 0.143 e. The maximum atomic E-state index is 15.6. The molecule has 0 spiro atoms. The zero-order valence-corrected chi connectivity index (χ0v) is 20.5. The highest BCUT2D eigenvalue weighted by Gasteiger charge is 2.42. The first-order valence-corrected chi connectivity index (χ1v) is 12.1. The number of halogens is 4. The lowest BCUT2D eigenvalue weighted by Gasteiger charge is -2.43. The predicted octanol–water partition coefficient (Wildman–Crippen LogP) is 6.21. The lowest BCUT2D eigenvalue weighted by Crippen LogP contribution is -2.50. The molecule has 0 saturated carbocycles. The van der Waals surface area contributed by atoms with Crippen molar-refractivity contribution in [1.29, 1.82) is 0 Å². The Labute approximate surface area is 202 Å². The molecule has 3 atom stereocenters. The summed E-state index contributed by atoms with van der Waals surface area (Å²) in [5.41, 5.74) is -0.364. The highest BCUT2D eigenvalue weighted by Crippen LogP contribution is 2.44. The van der Waals surface area contributed by atoms with E-state index in [0.29, 0.717) is 35.9 Å². The molecule has 35 heavy (non-hydrogen) atoms. The number of alkyl halides is 1. The van der Waals surface area contributed by atoms with E-state index in [4.69, 9.17) is 4.74 Å². The number of H-pyrrole nitrogens is 1. The van der Waals surface area contributed by atoms with Gasteiger partial charge in [0.15, 0.2) is 0 Å². The van der Waals surface area contributed by atoms with Crippen molar-refractivity contribution in [1.82, 2.24) is 9.88 Å². The number of aliphatic hydroxyl groups excluding tert-OH is 1. The Bertz CT molecular complexity index is 1180. The Morgan fingerprint density at radius 2 is 1.80 bits per heavy atom. The van der Waals surface area contributed by atoms with Gasteiger partial charge in [-0.1, -0.05) is 13.8 Å². The average Bonchev–Trinajstić information content (AvgIpc) is 3.16. The van der Waals surface area contributed by atoms with E-state index in [1.165, 1.54) is 19.1 Å². The van der Waals surface area contributed by atoms with Gasteiger partial charge in [-0.3, -0.25) is 4.90 Å². The summed E-state index contributed by atoms with van der Waals surface area (Å²) >= 11 is 0. The van der Waals surface area contributed by atoms with E-state index in [1.807, 2.05) is 20.8 Å². The molecule has 4 nitrogen and oxygen atoms in total. The van der Waals surface area contributed by atoms with E-state index in [9.17, 15) is 9.50 Å². The Kier molecular flexibility index (Phi) is 7.16. The minimum atomic E-state index is -1.99. The fraction of sp³-hybridized carbons (Fsp3) is 0.481.